The molecule has 3 aromatic heterocycles. The Morgan fingerprint density at radius 2 is 2.10 bits per heavy atom. The van der Waals surface area contributed by atoms with Gasteiger partial charge in [0, 0.05) is 31.9 Å². The number of fused-ring (bicyclic) bond motifs is 3. The van der Waals surface area contributed by atoms with E-state index in [0.717, 1.165) is 22.6 Å². The van der Waals surface area contributed by atoms with Gasteiger partial charge in [0.15, 0.2) is 16.7 Å². The lowest BCUT2D eigenvalue weighted by Crippen LogP contribution is -2.28. The first-order chi connectivity index (χ1) is 14.4. The van der Waals surface area contributed by atoms with E-state index in [9.17, 15) is 4.79 Å². The maximum atomic E-state index is 12.4. The molecule has 1 amide bonds. The van der Waals surface area contributed by atoms with Gasteiger partial charge in [-0.15, -0.1) is 10.2 Å². The summed E-state index contributed by atoms with van der Waals surface area (Å²) in [5, 5.41) is 20.0. The molecule has 12 heteroatoms. The normalized spacial score (nSPS) is 14.8. The van der Waals surface area contributed by atoms with Crippen molar-refractivity contribution in [2.24, 2.45) is 7.05 Å². The number of rotatable bonds is 5. The van der Waals surface area contributed by atoms with E-state index in [1.54, 1.807) is 25.0 Å². The Kier molecular flexibility index (Phi) is 5.22. The van der Waals surface area contributed by atoms with E-state index in [1.165, 1.54) is 6.07 Å². The molecule has 30 heavy (non-hydrogen) atoms. The first-order valence-electron chi connectivity index (χ1n) is 9.26. The maximum absolute atomic E-state index is 12.4. The number of nitrogens with one attached hydrogen (secondary N) is 2. The molecule has 0 aromatic carbocycles. The Hall–Kier alpha value is -3.31. The van der Waals surface area contributed by atoms with Crippen LogP contribution in [0, 0.1) is 0 Å². The molecule has 0 bridgehead atoms. The van der Waals surface area contributed by atoms with Crippen molar-refractivity contribution in [1.29, 1.82) is 0 Å². The number of carbonyl (C=O) groups is 1. The Morgan fingerprint density at radius 1 is 1.30 bits per heavy atom. The van der Waals surface area contributed by atoms with Gasteiger partial charge < -0.3 is 10.2 Å². The van der Waals surface area contributed by atoms with Crippen molar-refractivity contribution in [3.63, 3.8) is 0 Å². The van der Waals surface area contributed by atoms with Gasteiger partial charge in [0.2, 0.25) is 0 Å². The third kappa shape index (κ3) is 3.42. The molecule has 1 aliphatic rings. The molecule has 156 valence electrons. The number of aromatic nitrogens is 6. The van der Waals surface area contributed by atoms with Crippen LogP contribution in [0.5, 0.6) is 0 Å². The molecule has 0 fully saturated rings. The topological polar surface area (TPSA) is 123 Å². The fourth-order valence-electron chi connectivity index (χ4n) is 3.31. The van der Waals surface area contributed by atoms with Gasteiger partial charge >= 0.3 is 0 Å². The summed E-state index contributed by atoms with van der Waals surface area (Å²) < 4.78 is 0. The quantitative estimate of drug-likeness (QED) is 0.587. The molecule has 4 rings (SSSR count). The second-order valence-corrected chi connectivity index (χ2v) is 7.07. The van der Waals surface area contributed by atoms with Crippen molar-refractivity contribution >= 4 is 34.7 Å². The molecule has 0 radical (unpaired) electrons. The number of aryl methyl sites for hydroxylation is 1. The summed E-state index contributed by atoms with van der Waals surface area (Å²) in [5.74, 6) is -0.0288. The molecule has 11 nitrogen and oxygen atoms in total. The number of halogens is 1. The zero-order chi connectivity index (χ0) is 21.4. The van der Waals surface area contributed by atoms with Gasteiger partial charge in [-0.05, 0) is 19.9 Å². The van der Waals surface area contributed by atoms with Crippen molar-refractivity contribution in [1.82, 2.24) is 35.7 Å². The number of hydrogen-bond donors (Lipinski definition) is 2. The summed E-state index contributed by atoms with van der Waals surface area (Å²) in [7, 11) is 3.74. The Bertz CT molecular complexity index is 1120. The summed E-state index contributed by atoms with van der Waals surface area (Å²) >= 11 is 6.03. The molecule has 1 aliphatic heterocycles. The van der Waals surface area contributed by atoms with Crippen LogP contribution in [-0.2, 0) is 11.9 Å². The third-order valence-corrected chi connectivity index (χ3v) is 4.97. The number of anilines is 3. The summed E-state index contributed by atoms with van der Waals surface area (Å²) in [4.78, 5) is 25.5. The Morgan fingerprint density at radius 3 is 2.87 bits per heavy atom. The van der Waals surface area contributed by atoms with E-state index in [2.05, 4.69) is 41.1 Å². The van der Waals surface area contributed by atoms with Crippen LogP contribution < -0.4 is 15.7 Å². The maximum Gasteiger partial charge on any atom is 0.297 e. The van der Waals surface area contributed by atoms with Gasteiger partial charge in [-0.1, -0.05) is 11.6 Å². The fourth-order valence-corrected chi connectivity index (χ4v) is 3.46. The van der Waals surface area contributed by atoms with Crippen LogP contribution in [0.25, 0.3) is 11.3 Å². The van der Waals surface area contributed by atoms with Gasteiger partial charge in [-0.3, -0.25) is 9.63 Å². The lowest BCUT2D eigenvalue weighted by atomic mass is 9.99. The number of carbonyl (C=O) groups excluding carboxylic acids is 1. The molecule has 0 saturated carbocycles. The van der Waals surface area contributed by atoms with Crippen LogP contribution >= 0.6 is 11.6 Å². The van der Waals surface area contributed by atoms with Crippen LogP contribution in [0.15, 0.2) is 18.3 Å². The van der Waals surface area contributed by atoms with Gasteiger partial charge in [0.05, 0.1) is 24.0 Å². The van der Waals surface area contributed by atoms with E-state index < -0.39 is 5.91 Å². The predicted octanol–water partition coefficient (Wildman–Crippen LogP) is 2.26. The van der Waals surface area contributed by atoms with Gasteiger partial charge in [0.1, 0.15) is 11.4 Å². The van der Waals surface area contributed by atoms with E-state index in [4.69, 9.17) is 16.4 Å². The highest BCUT2D eigenvalue weighted by molar-refractivity contribution is 6.29. The molecule has 0 saturated heterocycles. The highest BCUT2D eigenvalue weighted by Crippen LogP contribution is 2.45. The highest BCUT2D eigenvalue weighted by Gasteiger charge is 2.32. The molecule has 2 N–H and O–H groups in total. The van der Waals surface area contributed by atoms with Gasteiger partial charge in [-0.25, -0.2) is 10.5 Å². The van der Waals surface area contributed by atoms with Crippen molar-refractivity contribution in [2.45, 2.75) is 19.9 Å². The monoisotopic (exact) mass is 429 g/mol. The van der Waals surface area contributed by atoms with Crippen LogP contribution in [0.4, 0.5) is 17.2 Å². The standard InChI is InChI=1S/C18H20ClN9O2/c1-5-30-26-18(29)15-11(8-12(19)22-23-15)21-17-16-10(6-7-20-17)14-13(9(2)27(16)3)24-28(4)25-14/h6-9H,5H2,1-4H3,(H,26,29)(H,20,21,22)/t9-/m0/s1. The smallest absolute Gasteiger partial charge is 0.297 e. The second kappa shape index (κ2) is 7.84. The van der Waals surface area contributed by atoms with E-state index in [1.807, 2.05) is 20.0 Å². The molecule has 1 atom stereocenters. The first-order valence-corrected chi connectivity index (χ1v) is 9.64. The lowest BCUT2D eigenvalue weighted by Gasteiger charge is -2.33. The van der Waals surface area contributed by atoms with Crippen LogP contribution in [0.3, 0.4) is 0 Å². The number of amides is 1. The number of hydrogen-bond acceptors (Lipinski definition) is 9. The van der Waals surface area contributed by atoms with E-state index in [-0.39, 0.29) is 16.9 Å². The van der Waals surface area contributed by atoms with Gasteiger partial charge in [0.25, 0.3) is 5.91 Å². The van der Waals surface area contributed by atoms with Crippen molar-refractivity contribution in [2.75, 3.05) is 23.9 Å². The van der Waals surface area contributed by atoms with Crippen LogP contribution in [0.1, 0.15) is 36.1 Å². The number of nitrogens with zero attached hydrogens (tertiary/aromatic N) is 7. The SMILES string of the molecule is CCONC(=O)c1nnc(Cl)cc1Nc1nccc2c1N(C)[C@@H](C)c1nn(C)nc1-2. The zero-order valence-electron chi connectivity index (χ0n) is 16.8. The molecule has 3 aromatic rings. The molecular weight excluding hydrogens is 410 g/mol. The minimum absolute atomic E-state index is 0.0224. The zero-order valence-corrected chi connectivity index (χ0v) is 17.6. The molecule has 0 spiro atoms. The molecule has 4 heterocycles. The molecule has 0 unspecified atom stereocenters. The summed E-state index contributed by atoms with van der Waals surface area (Å²) in [6.07, 6.45) is 1.67. The number of hydroxylamine groups is 1. The molecule has 0 aliphatic carbocycles. The average Bonchev–Trinajstić information content (AvgIpc) is 3.12. The minimum atomic E-state index is -0.550. The Labute approximate surface area is 177 Å². The lowest BCUT2D eigenvalue weighted by molar-refractivity contribution is 0.0360. The van der Waals surface area contributed by atoms with E-state index in [0.29, 0.717) is 18.1 Å². The third-order valence-electron chi connectivity index (χ3n) is 4.79. The number of pyridine rings is 1. The first kappa shape index (κ1) is 20.0. The van der Waals surface area contributed by atoms with E-state index >= 15 is 0 Å². The second-order valence-electron chi connectivity index (χ2n) is 6.68. The fraction of sp³-hybridized carbons (Fsp3) is 0.333. The van der Waals surface area contributed by atoms with Gasteiger partial charge in [-0.2, -0.15) is 15.0 Å². The molecular formula is C18H20ClN9O2. The summed E-state index contributed by atoms with van der Waals surface area (Å²) in [6, 6.07) is 3.37. The average molecular weight is 430 g/mol. The van der Waals surface area contributed by atoms with Crippen LogP contribution in [-0.4, -0.2) is 49.7 Å². The largest absolute Gasteiger partial charge is 0.363 e. The summed E-state index contributed by atoms with van der Waals surface area (Å²) in [6.45, 7) is 4.11. The predicted molar refractivity (Wildman–Crippen MR) is 110 cm³/mol. The van der Waals surface area contributed by atoms with Crippen LogP contribution in [0.2, 0.25) is 5.15 Å². The van der Waals surface area contributed by atoms with Crippen molar-refractivity contribution in [3.05, 3.63) is 34.9 Å². The van der Waals surface area contributed by atoms with Crippen molar-refractivity contribution in [3.8, 4) is 11.3 Å². The Balaban J connectivity index is 1.79. The summed E-state index contributed by atoms with van der Waals surface area (Å²) in [5.41, 5.74) is 6.07. The van der Waals surface area contributed by atoms with Crippen molar-refractivity contribution < 1.29 is 9.63 Å². The highest BCUT2D eigenvalue weighted by atomic mass is 35.5. The minimum Gasteiger partial charge on any atom is -0.363 e.